The first-order chi connectivity index (χ1) is 19.8. The van der Waals surface area contributed by atoms with Gasteiger partial charge in [0.1, 0.15) is 12.2 Å². The van der Waals surface area contributed by atoms with Crippen molar-refractivity contribution in [1.29, 1.82) is 0 Å². The van der Waals surface area contributed by atoms with E-state index < -0.39 is 6.09 Å². The van der Waals surface area contributed by atoms with E-state index >= 15 is 0 Å². The summed E-state index contributed by atoms with van der Waals surface area (Å²) in [5.41, 5.74) is 4.03. The first-order valence-electron chi connectivity index (χ1n) is 14.1. The molecule has 1 aliphatic heterocycles. The summed E-state index contributed by atoms with van der Waals surface area (Å²) in [5.74, 6) is 1.04. The van der Waals surface area contributed by atoms with Gasteiger partial charge in [-0.05, 0) is 84.2 Å². The molecule has 4 heterocycles. The molecule has 1 aliphatic carbocycles. The molecular formula is C29H33ClN8O3. The maximum atomic E-state index is 13.5. The average Bonchev–Trinajstić information content (AvgIpc) is 3.71. The largest absolute Gasteiger partial charge is 0.465 e. The highest BCUT2D eigenvalue weighted by Crippen LogP contribution is 2.46. The number of rotatable bonds is 7. The van der Waals surface area contributed by atoms with Crippen LogP contribution in [-0.2, 0) is 6.42 Å². The number of imidazole rings is 1. The summed E-state index contributed by atoms with van der Waals surface area (Å²) in [5, 5.41) is 24.2. The molecule has 41 heavy (non-hydrogen) atoms. The van der Waals surface area contributed by atoms with Crippen LogP contribution in [0.2, 0.25) is 5.02 Å². The van der Waals surface area contributed by atoms with Crippen molar-refractivity contribution in [3.63, 3.8) is 0 Å². The number of H-pyrrole nitrogens is 1. The number of aromatic amines is 1. The summed E-state index contributed by atoms with van der Waals surface area (Å²) in [6.07, 6.45) is 8.44. The fourth-order valence-electron chi connectivity index (χ4n) is 6.98. The second-order valence-electron chi connectivity index (χ2n) is 11.5. The van der Waals surface area contributed by atoms with E-state index in [0.717, 1.165) is 79.0 Å². The molecule has 0 saturated heterocycles. The van der Waals surface area contributed by atoms with Gasteiger partial charge in [0.15, 0.2) is 0 Å². The molecule has 2 aliphatic rings. The zero-order chi connectivity index (χ0) is 28.7. The highest BCUT2D eigenvalue weighted by Gasteiger charge is 2.41. The number of halogens is 1. The lowest BCUT2D eigenvalue weighted by Gasteiger charge is -2.44. The monoisotopic (exact) mass is 576 g/mol. The Labute approximate surface area is 242 Å². The van der Waals surface area contributed by atoms with Gasteiger partial charge in [-0.3, -0.25) is 4.79 Å². The minimum atomic E-state index is -0.963. The molecule has 4 atom stereocenters. The number of carboxylic acid groups (broad SMARTS) is 1. The Morgan fingerprint density at radius 2 is 2.10 bits per heavy atom. The van der Waals surface area contributed by atoms with Crippen molar-refractivity contribution in [2.45, 2.75) is 76.8 Å². The van der Waals surface area contributed by atoms with Crippen LogP contribution in [0.25, 0.3) is 16.8 Å². The van der Waals surface area contributed by atoms with E-state index in [0.29, 0.717) is 5.02 Å². The highest BCUT2D eigenvalue weighted by atomic mass is 35.5. The maximum Gasteiger partial charge on any atom is 0.404 e. The minimum Gasteiger partial charge on any atom is -0.465 e. The molecule has 1 amide bonds. The summed E-state index contributed by atoms with van der Waals surface area (Å²) in [6, 6.07) is 8.87. The standard InChI is InChI=1S/C29H33ClN8O3/c1-3-10-29(2)14-17(4-9-25(29)34-28(40)41)22-15-31-27(33-22)24-8-6-20-11-18(12-26(39)38(20)24)21-13-19(30)5-7-23(21)37-16-32-35-36-37/h5,7,11-13,15-17,24-25,34H,3-4,6,8-10,14H2,1-2H3,(H,31,33)(H,40,41)/t17?,24-,25+,29+/m0/s1. The van der Waals surface area contributed by atoms with Crippen LogP contribution in [0.5, 0.6) is 0 Å². The van der Waals surface area contributed by atoms with E-state index in [1.165, 1.54) is 6.33 Å². The number of tetrazole rings is 1. The third kappa shape index (κ3) is 5.14. The van der Waals surface area contributed by atoms with Crippen LogP contribution in [0, 0.1) is 5.41 Å². The number of aryl methyl sites for hydroxylation is 1. The molecule has 1 saturated carbocycles. The maximum absolute atomic E-state index is 13.5. The molecule has 1 fully saturated rings. The predicted molar refractivity (Wildman–Crippen MR) is 153 cm³/mol. The molecule has 3 N–H and O–H groups in total. The normalized spacial score (nSPS) is 23.8. The summed E-state index contributed by atoms with van der Waals surface area (Å²) < 4.78 is 3.39. The van der Waals surface area contributed by atoms with Crippen molar-refractivity contribution < 1.29 is 9.90 Å². The Bertz CT molecular complexity index is 1630. The van der Waals surface area contributed by atoms with E-state index in [2.05, 4.69) is 39.7 Å². The number of pyridine rings is 1. The Hall–Kier alpha value is -3.99. The minimum absolute atomic E-state index is 0.0612. The highest BCUT2D eigenvalue weighted by molar-refractivity contribution is 6.31. The quantitative estimate of drug-likeness (QED) is 0.277. The van der Waals surface area contributed by atoms with Crippen LogP contribution in [0.1, 0.15) is 81.5 Å². The van der Waals surface area contributed by atoms with Crippen molar-refractivity contribution in [2.24, 2.45) is 5.41 Å². The first-order valence-corrected chi connectivity index (χ1v) is 14.5. The second-order valence-corrected chi connectivity index (χ2v) is 12.0. The number of nitrogens with one attached hydrogen (secondary N) is 2. The summed E-state index contributed by atoms with van der Waals surface area (Å²) in [4.78, 5) is 33.3. The van der Waals surface area contributed by atoms with Crippen LogP contribution in [0.3, 0.4) is 0 Å². The van der Waals surface area contributed by atoms with Crippen LogP contribution in [0.4, 0.5) is 4.79 Å². The summed E-state index contributed by atoms with van der Waals surface area (Å²) in [7, 11) is 0. The van der Waals surface area contributed by atoms with Crippen molar-refractivity contribution in [1.82, 2.24) is 40.1 Å². The fraction of sp³-hybridized carbons (Fsp3) is 0.448. The van der Waals surface area contributed by atoms with Gasteiger partial charge in [-0.2, -0.15) is 4.68 Å². The summed E-state index contributed by atoms with van der Waals surface area (Å²) in [6.45, 7) is 4.33. The number of nitrogens with zero attached hydrogens (tertiary/aromatic N) is 6. The van der Waals surface area contributed by atoms with Gasteiger partial charge in [0.2, 0.25) is 0 Å². The molecule has 12 heteroatoms. The lowest BCUT2D eigenvalue weighted by atomic mass is 9.65. The molecule has 0 spiro atoms. The molecule has 0 radical (unpaired) electrons. The summed E-state index contributed by atoms with van der Waals surface area (Å²) >= 11 is 6.33. The smallest absolute Gasteiger partial charge is 0.404 e. The van der Waals surface area contributed by atoms with Gasteiger partial charge in [0.05, 0.1) is 11.7 Å². The predicted octanol–water partition coefficient (Wildman–Crippen LogP) is 5.11. The topological polar surface area (TPSA) is 144 Å². The van der Waals surface area contributed by atoms with Gasteiger partial charge in [-0.15, -0.1) is 5.10 Å². The molecule has 3 aromatic heterocycles. The molecule has 1 unspecified atom stereocenters. The fourth-order valence-corrected chi connectivity index (χ4v) is 7.15. The van der Waals surface area contributed by atoms with Crippen molar-refractivity contribution >= 4 is 17.7 Å². The molecule has 214 valence electrons. The number of benzene rings is 1. The van der Waals surface area contributed by atoms with Crippen molar-refractivity contribution in [2.75, 3.05) is 0 Å². The number of carbonyl (C=O) groups is 1. The number of aromatic nitrogens is 7. The molecule has 4 aromatic rings. The first kappa shape index (κ1) is 27.2. The van der Waals surface area contributed by atoms with E-state index in [1.54, 1.807) is 16.8 Å². The molecular weight excluding hydrogens is 544 g/mol. The Balaban J connectivity index is 1.27. The van der Waals surface area contributed by atoms with Crippen LogP contribution >= 0.6 is 11.6 Å². The zero-order valence-corrected chi connectivity index (χ0v) is 23.8. The Kier molecular flexibility index (Phi) is 7.14. The number of hydrogen-bond donors (Lipinski definition) is 3. The van der Waals surface area contributed by atoms with E-state index in [-0.39, 0.29) is 29.0 Å². The third-order valence-electron chi connectivity index (χ3n) is 8.85. The zero-order valence-electron chi connectivity index (χ0n) is 23.0. The third-order valence-corrected chi connectivity index (χ3v) is 9.08. The van der Waals surface area contributed by atoms with E-state index in [1.807, 2.05) is 29.0 Å². The van der Waals surface area contributed by atoms with Gasteiger partial charge >= 0.3 is 6.09 Å². The van der Waals surface area contributed by atoms with Crippen molar-refractivity contribution in [3.05, 3.63) is 75.4 Å². The number of hydrogen-bond acceptors (Lipinski definition) is 6. The average molecular weight is 577 g/mol. The van der Waals surface area contributed by atoms with Crippen LogP contribution < -0.4 is 10.9 Å². The molecule has 0 bridgehead atoms. The Morgan fingerprint density at radius 1 is 1.24 bits per heavy atom. The lowest BCUT2D eigenvalue weighted by Crippen LogP contribution is -2.49. The van der Waals surface area contributed by atoms with Crippen LogP contribution in [0.15, 0.2) is 47.7 Å². The molecule has 6 rings (SSSR count). The SMILES string of the molecule is CCC[C@]1(C)CC(c2cnc([C@@H]3CCc4cc(-c5cc(Cl)ccc5-n5cnnn5)cc(=O)n43)[nH]2)CC[C@H]1NC(=O)O. The van der Waals surface area contributed by atoms with Gasteiger partial charge < -0.3 is 20.0 Å². The number of amides is 1. The van der Waals surface area contributed by atoms with Gasteiger partial charge in [-0.25, -0.2) is 9.78 Å². The van der Waals surface area contributed by atoms with Gasteiger partial charge in [0.25, 0.3) is 5.56 Å². The Morgan fingerprint density at radius 3 is 2.85 bits per heavy atom. The van der Waals surface area contributed by atoms with E-state index in [4.69, 9.17) is 16.6 Å². The van der Waals surface area contributed by atoms with Gasteiger partial charge in [-0.1, -0.05) is 31.9 Å². The molecule has 1 aromatic carbocycles. The number of fused-ring (bicyclic) bond motifs is 1. The second kappa shape index (κ2) is 10.8. The molecule has 11 nitrogen and oxygen atoms in total. The van der Waals surface area contributed by atoms with E-state index in [9.17, 15) is 14.7 Å². The van der Waals surface area contributed by atoms with Crippen molar-refractivity contribution in [3.8, 4) is 16.8 Å². The van der Waals surface area contributed by atoms with Crippen LogP contribution in [-0.4, -0.2) is 52.0 Å². The van der Waals surface area contributed by atoms with Gasteiger partial charge in [0, 0.05) is 46.2 Å². The lowest BCUT2D eigenvalue weighted by molar-refractivity contribution is 0.108.